The lowest BCUT2D eigenvalue weighted by Crippen LogP contribution is -2.28. The highest BCUT2D eigenvalue weighted by molar-refractivity contribution is 8.00. The maximum Gasteiger partial charge on any atom is 0.189 e. The Bertz CT molecular complexity index is 663. The molecule has 0 fully saturated rings. The second kappa shape index (κ2) is 3.69. The standard InChI is InChI=1S/C15H12O2S/c1-9-8-13-15(16-9)18-14-11-5-3-2-4-10(11)6-7-12(14)17-13/h2-8,13,15H,1H3/t13-,15-/m0/s1. The molecule has 18 heavy (non-hydrogen) atoms. The van der Waals surface area contributed by atoms with Crippen molar-refractivity contribution >= 4 is 22.5 Å². The van der Waals surface area contributed by atoms with Gasteiger partial charge in [-0.05, 0) is 29.8 Å². The molecule has 4 rings (SSSR count). The van der Waals surface area contributed by atoms with Gasteiger partial charge in [-0.3, -0.25) is 0 Å². The summed E-state index contributed by atoms with van der Waals surface area (Å²) in [6, 6.07) is 12.6. The summed E-state index contributed by atoms with van der Waals surface area (Å²) < 4.78 is 11.8. The second-order valence-corrected chi connectivity index (χ2v) is 5.69. The van der Waals surface area contributed by atoms with E-state index < -0.39 is 0 Å². The first-order chi connectivity index (χ1) is 8.81. The molecule has 0 saturated heterocycles. The molecule has 0 spiro atoms. The third-order valence-electron chi connectivity index (χ3n) is 3.31. The molecule has 2 aromatic carbocycles. The average molecular weight is 256 g/mol. The third-order valence-corrected chi connectivity index (χ3v) is 4.56. The Morgan fingerprint density at radius 2 is 1.94 bits per heavy atom. The van der Waals surface area contributed by atoms with E-state index in [4.69, 9.17) is 9.47 Å². The Kier molecular flexibility index (Phi) is 2.12. The maximum absolute atomic E-state index is 6.01. The first-order valence-corrected chi connectivity index (χ1v) is 6.89. The van der Waals surface area contributed by atoms with Gasteiger partial charge >= 0.3 is 0 Å². The molecule has 0 saturated carbocycles. The Morgan fingerprint density at radius 3 is 2.89 bits per heavy atom. The van der Waals surface area contributed by atoms with Gasteiger partial charge in [0.1, 0.15) is 5.75 Å². The van der Waals surface area contributed by atoms with Crippen molar-refractivity contribution in [1.82, 2.24) is 0 Å². The van der Waals surface area contributed by atoms with Crippen LogP contribution in [0.25, 0.3) is 10.8 Å². The monoisotopic (exact) mass is 256 g/mol. The first-order valence-electron chi connectivity index (χ1n) is 6.01. The van der Waals surface area contributed by atoms with Crippen LogP contribution in [-0.2, 0) is 4.74 Å². The average Bonchev–Trinajstić information content (AvgIpc) is 2.75. The lowest BCUT2D eigenvalue weighted by Gasteiger charge is -2.27. The number of hydrogen-bond donors (Lipinski definition) is 0. The molecule has 2 heterocycles. The SMILES string of the molecule is CC1=C[C@@H]2Oc3ccc4ccccc4c3S[C@@H]2O1. The van der Waals surface area contributed by atoms with Crippen molar-refractivity contribution in [3.63, 3.8) is 0 Å². The summed E-state index contributed by atoms with van der Waals surface area (Å²) in [6.45, 7) is 1.98. The highest BCUT2D eigenvalue weighted by Crippen LogP contribution is 2.46. The number of thioether (sulfide) groups is 1. The van der Waals surface area contributed by atoms with E-state index in [1.54, 1.807) is 11.8 Å². The minimum absolute atomic E-state index is 0.0451. The molecule has 0 N–H and O–H groups in total. The summed E-state index contributed by atoms with van der Waals surface area (Å²) in [7, 11) is 0. The molecule has 2 aromatic rings. The van der Waals surface area contributed by atoms with Crippen LogP contribution in [0.2, 0.25) is 0 Å². The minimum Gasteiger partial charge on any atom is -0.480 e. The van der Waals surface area contributed by atoms with Gasteiger partial charge in [-0.25, -0.2) is 0 Å². The zero-order valence-electron chi connectivity index (χ0n) is 9.92. The highest BCUT2D eigenvalue weighted by Gasteiger charge is 2.36. The molecule has 2 aliphatic rings. The highest BCUT2D eigenvalue weighted by atomic mass is 32.2. The molecule has 0 bridgehead atoms. The fourth-order valence-corrected chi connectivity index (χ4v) is 3.73. The topological polar surface area (TPSA) is 18.5 Å². The molecule has 90 valence electrons. The lowest BCUT2D eigenvalue weighted by molar-refractivity contribution is 0.119. The van der Waals surface area contributed by atoms with E-state index in [9.17, 15) is 0 Å². The summed E-state index contributed by atoms with van der Waals surface area (Å²) in [5, 5.41) is 2.49. The van der Waals surface area contributed by atoms with Crippen LogP contribution in [0, 0.1) is 0 Å². The van der Waals surface area contributed by atoms with Gasteiger partial charge in [0.15, 0.2) is 11.5 Å². The largest absolute Gasteiger partial charge is 0.480 e. The Hall–Kier alpha value is -1.61. The molecule has 0 aliphatic carbocycles. The number of benzene rings is 2. The van der Waals surface area contributed by atoms with Gasteiger partial charge in [0.05, 0.1) is 10.7 Å². The molecular formula is C15H12O2S. The van der Waals surface area contributed by atoms with Crippen LogP contribution in [0.3, 0.4) is 0 Å². The number of ether oxygens (including phenoxy) is 2. The van der Waals surface area contributed by atoms with Gasteiger partial charge in [-0.15, -0.1) is 0 Å². The molecule has 0 amide bonds. The van der Waals surface area contributed by atoms with E-state index >= 15 is 0 Å². The predicted octanol–water partition coefficient (Wildman–Crippen LogP) is 3.95. The van der Waals surface area contributed by atoms with E-state index in [-0.39, 0.29) is 11.5 Å². The molecule has 2 atom stereocenters. The second-order valence-electron chi connectivity index (χ2n) is 4.58. The quantitative estimate of drug-likeness (QED) is 0.711. The maximum atomic E-state index is 6.01. The van der Waals surface area contributed by atoms with E-state index in [0.717, 1.165) is 11.5 Å². The van der Waals surface area contributed by atoms with E-state index in [1.165, 1.54) is 15.7 Å². The Labute approximate surface area is 110 Å². The fraction of sp³-hybridized carbons (Fsp3) is 0.200. The first kappa shape index (κ1) is 10.3. The number of fused-ring (bicyclic) bond motifs is 4. The van der Waals surface area contributed by atoms with Gasteiger partial charge in [-0.1, -0.05) is 42.1 Å². The zero-order chi connectivity index (χ0) is 12.1. The summed E-state index contributed by atoms with van der Waals surface area (Å²) in [6.07, 6.45) is 2.10. The van der Waals surface area contributed by atoms with Gasteiger partial charge in [0.25, 0.3) is 0 Å². The van der Waals surface area contributed by atoms with Crippen molar-refractivity contribution in [2.75, 3.05) is 0 Å². The summed E-state index contributed by atoms with van der Waals surface area (Å²) in [5.41, 5.74) is 0.0586. The van der Waals surface area contributed by atoms with E-state index in [1.807, 2.05) is 6.92 Å². The molecule has 0 aromatic heterocycles. The fourth-order valence-electron chi connectivity index (χ4n) is 2.48. The lowest BCUT2D eigenvalue weighted by atomic mass is 10.1. The van der Waals surface area contributed by atoms with Gasteiger partial charge < -0.3 is 9.47 Å². The smallest absolute Gasteiger partial charge is 0.189 e. The predicted molar refractivity (Wildman–Crippen MR) is 72.9 cm³/mol. The van der Waals surface area contributed by atoms with E-state index in [2.05, 4.69) is 42.5 Å². The minimum atomic E-state index is 0.0451. The van der Waals surface area contributed by atoms with Crippen LogP contribution < -0.4 is 4.74 Å². The van der Waals surface area contributed by atoms with Crippen molar-refractivity contribution in [3.8, 4) is 5.75 Å². The normalized spacial score (nSPS) is 24.8. The molecular weight excluding hydrogens is 244 g/mol. The van der Waals surface area contributed by atoms with Gasteiger partial charge in [0, 0.05) is 0 Å². The van der Waals surface area contributed by atoms with Gasteiger partial charge in [-0.2, -0.15) is 0 Å². The number of rotatable bonds is 0. The number of hydrogen-bond acceptors (Lipinski definition) is 3. The van der Waals surface area contributed by atoms with Crippen LogP contribution in [0.1, 0.15) is 6.92 Å². The third kappa shape index (κ3) is 1.44. The van der Waals surface area contributed by atoms with Crippen molar-refractivity contribution in [2.45, 2.75) is 23.4 Å². The summed E-state index contributed by atoms with van der Waals surface area (Å²) in [5.74, 6) is 1.92. The van der Waals surface area contributed by atoms with Crippen LogP contribution in [0.5, 0.6) is 5.75 Å². The van der Waals surface area contributed by atoms with E-state index in [0.29, 0.717) is 0 Å². The summed E-state index contributed by atoms with van der Waals surface area (Å²) >= 11 is 1.76. The van der Waals surface area contributed by atoms with Crippen LogP contribution >= 0.6 is 11.8 Å². The molecule has 0 radical (unpaired) electrons. The molecule has 0 unspecified atom stereocenters. The van der Waals surface area contributed by atoms with Crippen molar-refractivity contribution in [2.24, 2.45) is 0 Å². The Morgan fingerprint density at radius 1 is 1.06 bits per heavy atom. The molecule has 3 heteroatoms. The Balaban J connectivity index is 1.87. The van der Waals surface area contributed by atoms with Crippen LogP contribution in [0.4, 0.5) is 0 Å². The summed E-state index contributed by atoms with van der Waals surface area (Å²) in [4.78, 5) is 1.19. The van der Waals surface area contributed by atoms with Crippen LogP contribution in [-0.4, -0.2) is 11.5 Å². The van der Waals surface area contributed by atoms with Crippen molar-refractivity contribution in [1.29, 1.82) is 0 Å². The van der Waals surface area contributed by atoms with Crippen LogP contribution in [0.15, 0.2) is 53.1 Å². The zero-order valence-corrected chi connectivity index (χ0v) is 10.7. The van der Waals surface area contributed by atoms with Gasteiger partial charge in [0.2, 0.25) is 0 Å². The van der Waals surface area contributed by atoms with Crippen molar-refractivity contribution in [3.05, 3.63) is 48.2 Å². The van der Waals surface area contributed by atoms with Crippen molar-refractivity contribution < 1.29 is 9.47 Å². The number of allylic oxidation sites excluding steroid dienone is 1. The molecule has 2 aliphatic heterocycles. The molecule has 2 nitrogen and oxygen atoms in total.